The number of hydrogen-bond donors (Lipinski definition) is 0. The Morgan fingerprint density at radius 3 is 2.60 bits per heavy atom. The molecule has 1 aromatic rings. The fourth-order valence-corrected chi connectivity index (χ4v) is 2.63. The van der Waals surface area contributed by atoms with Gasteiger partial charge in [0.2, 0.25) is 0 Å². The molecule has 0 spiro atoms. The van der Waals surface area contributed by atoms with Gasteiger partial charge in [-0.1, -0.05) is 12.8 Å². The summed E-state index contributed by atoms with van der Waals surface area (Å²) in [5, 5.41) is 8.69. The Balaban J connectivity index is 2.20. The highest BCUT2D eigenvalue weighted by Gasteiger charge is 2.27. The van der Waals surface area contributed by atoms with Crippen molar-refractivity contribution in [3.63, 3.8) is 0 Å². The number of carbonyl (C=O) groups is 1. The van der Waals surface area contributed by atoms with E-state index in [0.717, 1.165) is 37.8 Å². The highest BCUT2D eigenvalue weighted by molar-refractivity contribution is 5.94. The Morgan fingerprint density at radius 1 is 1.30 bits per heavy atom. The summed E-state index contributed by atoms with van der Waals surface area (Å²) in [4.78, 5) is 14.1. The molecule has 1 aliphatic carbocycles. The number of carbonyl (C=O) groups excluding carboxylic acids is 1. The van der Waals surface area contributed by atoms with Crippen molar-refractivity contribution in [2.75, 3.05) is 6.54 Å². The van der Waals surface area contributed by atoms with Crippen molar-refractivity contribution in [2.45, 2.75) is 38.1 Å². The fraction of sp³-hybridized carbons (Fsp3) is 0.467. The summed E-state index contributed by atoms with van der Waals surface area (Å²) in [5.41, 5.74) is 0.133. The zero-order valence-corrected chi connectivity index (χ0v) is 11.1. The van der Waals surface area contributed by atoms with Crippen molar-refractivity contribution in [3.8, 4) is 6.07 Å². The highest BCUT2D eigenvalue weighted by Crippen LogP contribution is 2.25. The first-order valence-electron chi connectivity index (χ1n) is 6.76. The predicted octanol–water partition coefficient (Wildman–Crippen LogP) is 3.26. The van der Waals surface area contributed by atoms with Gasteiger partial charge in [0.25, 0.3) is 5.91 Å². The second-order valence-corrected chi connectivity index (χ2v) is 4.97. The molecule has 0 saturated heterocycles. The van der Waals surface area contributed by atoms with Gasteiger partial charge in [0, 0.05) is 18.2 Å². The van der Waals surface area contributed by atoms with E-state index in [1.807, 2.05) is 6.07 Å². The molecule has 0 bridgehead atoms. The summed E-state index contributed by atoms with van der Waals surface area (Å²) < 4.78 is 26.2. The molecule has 0 radical (unpaired) electrons. The second-order valence-electron chi connectivity index (χ2n) is 4.97. The van der Waals surface area contributed by atoms with Crippen LogP contribution in [0.15, 0.2) is 18.2 Å². The van der Waals surface area contributed by atoms with Crippen molar-refractivity contribution in [1.29, 1.82) is 5.26 Å². The Morgan fingerprint density at radius 2 is 2.00 bits per heavy atom. The minimum absolute atomic E-state index is 0.101. The van der Waals surface area contributed by atoms with Gasteiger partial charge in [0.1, 0.15) is 0 Å². The Kier molecular flexibility index (Phi) is 4.67. The van der Waals surface area contributed by atoms with Gasteiger partial charge in [-0.2, -0.15) is 5.26 Å². The zero-order valence-electron chi connectivity index (χ0n) is 11.1. The number of rotatable bonds is 4. The molecule has 1 amide bonds. The van der Waals surface area contributed by atoms with Gasteiger partial charge >= 0.3 is 0 Å². The third kappa shape index (κ3) is 3.13. The number of nitriles is 1. The third-order valence-electron chi connectivity index (χ3n) is 3.66. The van der Waals surface area contributed by atoms with Gasteiger partial charge in [0.15, 0.2) is 11.6 Å². The maximum absolute atomic E-state index is 13.2. The normalized spacial score (nSPS) is 15.1. The summed E-state index contributed by atoms with van der Waals surface area (Å²) in [5.74, 6) is -2.32. The lowest BCUT2D eigenvalue weighted by Crippen LogP contribution is -2.39. The van der Waals surface area contributed by atoms with Crippen LogP contribution in [-0.4, -0.2) is 23.4 Å². The predicted molar refractivity (Wildman–Crippen MR) is 69.9 cm³/mol. The Bertz CT molecular complexity index is 533. The second kappa shape index (κ2) is 6.47. The van der Waals surface area contributed by atoms with Crippen LogP contribution in [0.5, 0.6) is 0 Å². The lowest BCUT2D eigenvalue weighted by molar-refractivity contribution is 0.0685. The van der Waals surface area contributed by atoms with E-state index in [0.29, 0.717) is 6.54 Å². The maximum atomic E-state index is 13.2. The van der Waals surface area contributed by atoms with Crippen LogP contribution in [0.3, 0.4) is 0 Å². The molecule has 0 heterocycles. The Labute approximate surface area is 116 Å². The molecule has 0 aliphatic heterocycles. The van der Waals surface area contributed by atoms with Crippen LogP contribution in [0.25, 0.3) is 0 Å². The standard InChI is InChI=1S/C15H16F2N2O/c16-13-7-6-11(10-14(13)17)15(20)19(9-3-8-18)12-4-1-2-5-12/h6-7,10,12H,1-5,9H2. The summed E-state index contributed by atoms with van der Waals surface area (Å²) in [6.07, 6.45) is 4.16. The molecule has 2 rings (SSSR count). The number of nitrogens with zero attached hydrogens (tertiary/aromatic N) is 2. The monoisotopic (exact) mass is 278 g/mol. The quantitative estimate of drug-likeness (QED) is 0.848. The Hall–Kier alpha value is -1.96. The fourth-order valence-electron chi connectivity index (χ4n) is 2.63. The van der Waals surface area contributed by atoms with E-state index in [4.69, 9.17) is 5.26 Å². The average Bonchev–Trinajstić information content (AvgIpc) is 2.96. The topological polar surface area (TPSA) is 44.1 Å². The van der Waals surface area contributed by atoms with Crippen LogP contribution in [0.2, 0.25) is 0 Å². The van der Waals surface area contributed by atoms with Crippen LogP contribution in [-0.2, 0) is 0 Å². The van der Waals surface area contributed by atoms with E-state index in [1.165, 1.54) is 6.07 Å². The highest BCUT2D eigenvalue weighted by atomic mass is 19.2. The van der Waals surface area contributed by atoms with E-state index in [2.05, 4.69) is 0 Å². The lowest BCUT2D eigenvalue weighted by atomic mass is 10.1. The van der Waals surface area contributed by atoms with Crippen molar-refractivity contribution < 1.29 is 13.6 Å². The van der Waals surface area contributed by atoms with Crippen molar-refractivity contribution in [2.24, 2.45) is 0 Å². The zero-order chi connectivity index (χ0) is 14.5. The maximum Gasteiger partial charge on any atom is 0.254 e. The van der Waals surface area contributed by atoms with Crippen LogP contribution < -0.4 is 0 Å². The first-order chi connectivity index (χ1) is 9.63. The number of amides is 1. The number of hydrogen-bond acceptors (Lipinski definition) is 2. The molecule has 3 nitrogen and oxygen atoms in total. The van der Waals surface area contributed by atoms with Crippen LogP contribution >= 0.6 is 0 Å². The summed E-state index contributed by atoms with van der Waals surface area (Å²) in [6.45, 7) is 0.332. The molecule has 1 aromatic carbocycles. The van der Waals surface area contributed by atoms with E-state index in [9.17, 15) is 13.6 Å². The SMILES string of the molecule is N#CCCN(C(=O)c1ccc(F)c(F)c1)C1CCCC1. The first kappa shape index (κ1) is 14.4. The molecule has 1 fully saturated rings. The molecular formula is C15H16F2N2O. The van der Waals surface area contributed by atoms with Crippen molar-refractivity contribution in [1.82, 2.24) is 4.90 Å². The molecule has 5 heteroatoms. The van der Waals surface area contributed by atoms with Crippen LogP contribution in [0.1, 0.15) is 42.5 Å². The largest absolute Gasteiger partial charge is 0.335 e. The minimum atomic E-state index is -1.03. The van der Waals surface area contributed by atoms with E-state index in [1.54, 1.807) is 4.90 Å². The average molecular weight is 278 g/mol. The van der Waals surface area contributed by atoms with E-state index in [-0.39, 0.29) is 23.9 Å². The molecule has 20 heavy (non-hydrogen) atoms. The molecule has 1 aliphatic rings. The first-order valence-corrected chi connectivity index (χ1v) is 6.76. The molecular weight excluding hydrogens is 262 g/mol. The molecule has 0 N–H and O–H groups in total. The van der Waals surface area contributed by atoms with Crippen molar-refractivity contribution in [3.05, 3.63) is 35.4 Å². The lowest BCUT2D eigenvalue weighted by Gasteiger charge is -2.28. The summed E-state index contributed by atoms with van der Waals surface area (Å²) >= 11 is 0. The molecule has 1 saturated carbocycles. The van der Waals surface area contributed by atoms with Gasteiger partial charge in [-0.15, -0.1) is 0 Å². The van der Waals surface area contributed by atoms with Gasteiger partial charge in [0.05, 0.1) is 12.5 Å². The van der Waals surface area contributed by atoms with Crippen molar-refractivity contribution >= 4 is 5.91 Å². The van der Waals surface area contributed by atoms with Crippen LogP contribution in [0.4, 0.5) is 8.78 Å². The summed E-state index contributed by atoms with van der Waals surface area (Å²) in [7, 11) is 0. The molecule has 0 unspecified atom stereocenters. The van der Waals surface area contributed by atoms with E-state index < -0.39 is 11.6 Å². The molecule has 0 aromatic heterocycles. The van der Waals surface area contributed by atoms with E-state index >= 15 is 0 Å². The van der Waals surface area contributed by atoms with Gasteiger partial charge in [-0.05, 0) is 31.0 Å². The smallest absolute Gasteiger partial charge is 0.254 e. The van der Waals surface area contributed by atoms with Crippen LogP contribution in [0, 0.1) is 23.0 Å². The minimum Gasteiger partial charge on any atom is -0.335 e. The summed E-state index contributed by atoms with van der Waals surface area (Å²) in [6, 6.07) is 5.29. The number of halogens is 2. The molecule has 106 valence electrons. The third-order valence-corrected chi connectivity index (χ3v) is 3.66. The van der Waals surface area contributed by atoms with Gasteiger partial charge < -0.3 is 4.90 Å². The molecule has 0 atom stereocenters. The number of benzene rings is 1. The van der Waals surface area contributed by atoms with Gasteiger partial charge in [-0.3, -0.25) is 4.79 Å². The van der Waals surface area contributed by atoms with Gasteiger partial charge in [-0.25, -0.2) is 8.78 Å².